The van der Waals surface area contributed by atoms with Crippen LogP contribution in [-0.2, 0) is 9.05 Å². The molecule has 1 unspecified atom stereocenters. The van der Waals surface area contributed by atoms with Crippen molar-refractivity contribution in [3.63, 3.8) is 0 Å². The minimum absolute atomic E-state index is 0. The van der Waals surface area contributed by atoms with Crippen molar-refractivity contribution in [3.05, 3.63) is 5.73 Å². The number of hydrogen-bond acceptors (Lipinski definition) is 3. The van der Waals surface area contributed by atoms with Crippen LogP contribution in [0.25, 0.3) is 5.73 Å². The van der Waals surface area contributed by atoms with Gasteiger partial charge >= 0.3 is 0 Å². The molecule has 0 aromatic rings. The van der Waals surface area contributed by atoms with E-state index in [9.17, 15) is 0 Å². The first-order chi connectivity index (χ1) is 4.81. The van der Waals surface area contributed by atoms with Crippen molar-refractivity contribution in [2.45, 2.75) is 6.42 Å². The molecule has 6 heteroatoms. The Morgan fingerprint density at radius 1 is 1.55 bits per heavy atom. The third kappa shape index (κ3) is 8.80. The Hall–Kier alpha value is -1.20. The molecule has 60 valence electrons. The summed E-state index contributed by atoms with van der Waals surface area (Å²) < 4.78 is 9.81. The van der Waals surface area contributed by atoms with E-state index in [4.69, 9.17) is 20.0 Å². The van der Waals surface area contributed by atoms with E-state index in [-0.39, 0.29) is 6.73 Å². The molecule has 1 atom stereocenters. The molecule has 0 aliphatic rings. The van der Waals surface area contributed by atoms with Crippen LogP contribution < -0.4 is 0 Å². The molecule has 11 heavy (non-hydrogen) atoms. The summed E-state index contributed by atoms with van der Waals surface area (Å²) in [5, 5.41) is 8.11. The number of nitrogens with zero attached hydrogens (tertiary/aromatic N) is 1. The van der Waals surface area contributed by atoms with Crippen LogP contribution in [0.5, 0.6) is 0 Å². The SMILES string of the molecule is CP(OC[NH-])OCCC#N.[Rf]. The molecule has 0 spiro atoms. The van der Waals surface area contributed by atoms with Gasteiger partial charge in [-0.15, -0.1) is 0 Å². The Morgan fingerprint density at radius 2 is 2.18 bits per heavy atom. The topological polar surface area (TPSA) is 66.1 Å². The molecule has 0 amide bonds. The van der Waals surface area contributed by atoms with Crippen molar-refractivity contribution in [1.29, 1.82) is 5.26 Å². The van der Waals surface area contributed by atoms with Gasteiger partial charge in [-0.05, 0) is 6.73 Å². The van der Waals surface area contributed by atoms with Gasteiger partial charge in [-0.3, -0.25) is 0 Å². The Bertz CT molecular complexity index is 120. The molecule has 0 aliphatic heterocycles. The minimum atomic E-state index is -0.931. The van der Waals surface area contributed by atoms with Gasteiger partial charge in [0.25, 0.3) is 0 Å². The molecular weight excluding hydrogens is 418 g/mol. The molecule has 0 saturated carbocycles. The van der Waals surface area contributed by atoms with Gasteiger partial charge < -0.3 is 14.8 Å². The van der Waals surface area contributed by atoms with Crippen molar-refractivity contribution < 1.29 is 9.05 Å². The molecule has 0 aliphatic carbocycles. The summed E-state index contributed by atoms with van der Waals surface area (Å²) in [6.07, 6.45) is 0.383. The van der Waals surface area contributed by atoms with Crippen LogP contribution in [-0.4, -0.2) is 20.0 Å². The van der Waals surface area contributed by atoms with Crippen molar-refractivity contribution in [3.8, 4) is 6.07 Å². The van der Waals surface area contributed by atoms with E-state index in [1.807, 2.05) is 6.07 Å². The molecule has 0 saturated heterocycles. The largest absolute Gasteiger partial charge is 0.654 e. The predicted molar refractivity (Wildman–Crippen MR) is 39.3 cm³/mol. The second kappa shape index (κ2) is 8.80. The quantitative estimate of drug-likeness (QED) is 0.497. The first-order valence-corrected chi connectivity index (χ1v) is 4.45. The number of rotatable bonds is 5. The molecule has 0 rings (SSSR count). The van der Waals surface area contributed by atoms with E-state index in [0.29, 0.717) is 13.0 Å². The van der Waals surface area contributed by atoms with Crippen LogP contribution in [0.15, 0.2) is 0 Å². The normalized spacial score (nSPS) is 11.4. The summed E-state index contributed by atoms with van der Waals surface area (Å²) in [7, 11) is -0.931. The van der Waals surface area contributed by atoms with Crippen molar-refractivity contribution in [2.24, 2.45) is 0 Å². The molecular formula is C5H10N2O2PRf-. The third-order valence-electron chi connectivity index (χ3n) is 0.733. The summed E-state index contributed by atoms with van der Waals surface area (Å²) >= 11 is 0. The zero-order valence-electron chi connectivity index (χ0n) is 6.54. The second-order valence-electron chi connectivity index (χ2n) is 1.45. The predicted octanol–water partition coefficient (Wildman–Crippen LogP) is 1.88. The summed E-state index contributed by atoms with van der Waals surface area (Å²) in [6, 6.07) is 1.95. The van der Waals surface area contributed by atoms with Gasteiger partial charge in [0, 0.05) is 6.66 Å². The maximum atomic E-state index is 8.11. The Kier molecular flexibility index (Phi) is 9.98. The molecule has 0 aromatic heterocycles. The van der Waals surface area contributed by atoms with Gasteiger partial charge in [0.2, 0.25) is 0 Å². The second-order valence-corrected chi connectivity index (χ2v) is 2.85. The third-order valence-corrected chi connectivity index (χ3v) is 1.77. The summed E-state index contributed by atoms with van der Waals surface area (Å²) in [6.45, 7) is 2.09. The van der Waals surface area contributed by atoms with E-state index in [0.717, 1.165) is 0 Å². The first-order valence-electron chi connectivity index (χ1n) is 2.82. The summed E-state index contributed by atoms with van der Waals surface area (Å²) in [4.78, 5) is 0. The number of nitriles is 1. The van der Waals surface area contributed by atoms with E-state index < -0.39 is 8.38 Å². The van der Waals surface area contributed by atoms with Crippen LogP contribution in [0.3, 0.4) is 0 Å². The van der Waals surface area contributed by atoms with Gasteiger partial charge in [-0.25, -0.2) is 0 Å². The van der Waals surface area contributed by atoms with Crippen molar-refractivity contribution in [1.82, 2.24) is 0 Å². The zero-order chi connectivity index (χ0) is 7.82. The van der Waals surface area contributed by atoms with Crippen molar-refractivity contribution in [2.75, 3.05) is 20.0 Å². The van der Waals surface area contributed by atoms with Crippen LogP contribution in [0, 0.1) is 11.3 Å². The van der Waals surface area contributed by atoms with Crippen LogP contribution in [0.2, 0.25) is 0 Å². The molecule has 0 heterocycles. The molecule has 0 radical (unpaired) electrons. The Balaban J connectivity index is 0. The first kappa shape index (κ1) is 12.5. The molecule has 4 nitrogen and oxygen atoms in total. The van der Waals surface area contributed by atoms with Gasteiger partial charge in [0.15, 0.2) is 8.38 Å². The van der Waals surface area contributed by atoms with E-state index >= 15 is 0 Å². The molecule has 0 fully saturated rings. The van der Waals surface area contributed by atoms with E-state index in [1.54, 1.807) is 6.66 Å². The fourth-order valence-corrected chi connectivity index (χ4v) is 0.953. The van der Waals surface area contributed by atoms with Crippen LogP contribution in [0.1, 0.15) is 6.42 Å². The minimum Gasteiger partial charge on any atom is -0.654 e. The van der Waals surface area contributed by atoms with Crippen LogP contribution in [0.4, 0.5) is 0 Å². The number of hydrogen-bond donors (Lipinski definition) is 0. The zero-order valence-corrected chi connectivity index (χ0v) is 13.8. The average Bonchev–Trinajstić information content (AvgIpc) is 1.89. The van der Waals surface area contributed by atoms with Gasteiger partial charge in [-0.1, -0.05) is 0 Å². The number of nitrogens with one attached hydrogen (secondary N) is 1. The molecule has 0 aromatic carbocycles. The Morgan fingerprint density at radius 3 is 2.64 bits per heavy atom. The average molecular weight is 428 g/mol. The maximum Gasteiger partial charge on any atom is 0.165 e. The van der Waals surface area contributed by atoms with Gasteiger partial charge in [-0.2, -0.15) is 5.26 Å². The van der Waals surface area contributed by atoms with Crippen molar-refractivity contribution >= 4 is 8.38 Å². The van der Waals surface area contributed by atoms with Crippen LogP contribution >= 0.6 is 8.38 Å². The standard InChI is InChI=1S/C5H10N2O2P.Rf/c1-10(9-5-7)8-4-2-3-6;/h7H,2,4-5H2,1H3;/q-1;. The van der Waals surface area contributed by atoms with Gasteiger partial charge in [0.1, 0.15) is 0 Å². The maximum absolute atomic E-state index is 8.11. The molecule has 1 N–H and O–H groups in total. The Labute approximate surface area is 61.8 Å². The summed E-state index contributed by atoms with van der Waals surface area (Å²) in [5.74, 6) is 0. The summed E-state index contributed by atoms with van der Waals surface area (Å²) in [5.41, 5.74) is 6.66. The van der Waals surface area contributed by atoms with E-state index in [1.165, 1.54) is 0 Å². The molecule has 0 bridgehead atoms. The smallest absolute Gasteiger partial charge is 0.165 e. The fraction of sp³-hybridized carbons (Fsp3) is 0.800. The van der Waals surface area contributed by atoms with Gasteiger partial charge in [0.05, 0.1) is 19.1 Å². The van der Waals surface area contributed by atoms with E-state index in [2.05, 4.69) is 0 Å². The monoisotopic (exact) mass is 428 g/mol. The fourth-order valence-electron chi connectivity index (χ4n) is 0.348.